The molecule has 1 saturated heterocycles. The van der Waals surface area contributed by atoms with Gasteiger partial charge in [0.05, 0.1) is 18.7 Å². The predicted octanol–water partition coefficient (Wildman–Crippen LogP) is 3.52. The minimum absolute atomic E-state index is 0.699. The van der Waals surface area contributed by atoms with Crippen molar-refractivity contribution in [3.8, 4) is 22.4 Å². The van der Waals surface area contributed by atoms with Crippen LogP contribution in [0.15, 0.2) is 61.1 Å². The first-order chi connectivity index (χ1) is 13.4. The van der Waals surface area contributed by atoms with E-state index in [-0.39, 0.29) is 0 Å². The van der Waals surface area contributed by atoms with E-state index < -0.39 is 0 Å². The van der Waals surface area contributed by atoms with E-state index >= 15 is 0 Å². The lowest BCUT2D eigenvalue weighted by Gasteiger charge is -2.27. The largest absolute Gasteiger partial charge is 0.378 e. The number of nitrogens with one attached hydrogen (secondary N) is 1. The smallest absolute Gasteiger partial charge is 0.226 e. The highest BCUT2D eigenvalue weighted by Crippen LogP contribution is 2.33. The van der Waals surface area contributed by atoms with E-state index in [1.165, 1.54) is 0 Å². The van der Waals surface area contributed by atoms with Crippen molar-refractivity contribution in [3.63, 3.8) is 0 Å². The average molecular weight is 357 g/mol. The van der Waals surface area contributed by atoms with Crippen molar-refractivity contribution >= 4 is 17.0 Å². The number of rotatable bonds is 3. The van der Waals surface area contributed by atoms with E-state index in [4.69, 9.17) is 14.7 Å². The van der Waals surface area contributed by atoms with Crippen molar-refractivity contribution in [1.29, 1.82) is 0 Å². The quantitative estimate of drug-likeness (QED) is 0.608. The van der Waals surface area contributed by atoms with Crippen LogP contribution in [0.1, 0.15) is 0 Å². The summed E-state index contributed by atoms with van der Waals surface area (Å²) in [6.07, 6.45) is 5.60. The molecule has 1 aromatic carbocycles. The molecule has 5 rings (SSSR count). The SMILES string of the molecule is c1ccc(-c2c[nH]c3c(-c4ccncc4)nc(N4CCOCC4)nc23)cc1. The van der Waals surface area contributed by atoms with E-state index in [1.807, 2.05) is 36.5 Å². The molecular formula is C21H19N5O. The number of pyridine rings is 1. The van der Waals surface area contributed by atoms with Crippen LogP contribution in [0.3, 0.4) is 0 Å². The van der Waals surface area contributed by atoms with E-state index in [0.717, 1.165) is 52.5 Å². The highest BCUT2D eigenvalue weighted by Gasteiger charge is 2.20. The highest BCUT2D eigenvalue weighted by molar-refractivity contribution is 5.99. The number of benzene rings is 1. The summed E-state index contributed by atoms with van der Waals surface area (Å²) in [5.74, 6) is 0.745. The maximum absolute atomic E-state index is 5.49. The summed E-state index contributed by atoms with van der Waals surface area (Å²) in [5.41, 5.74) is 6.01. The van der Waals surface area contributed by atoms with Crippen LogP contribution in [0.2, 0.25) is 0 Å². The number of hydrogen-bond acceptors (Lipinski definition) is 5. The molecule has 3 aromatic heterocycles. The third kappa shape index (κ3) is 2.94. The van der Waals surface area contributed by atoms with Crippen molar-refractivity contribution < 1.29 is 4.74 Å². The van der Waals surface area contributed by atoms with Gasteiger partial charge in [0.2, 0.25) is 5.95 Å². The zero-order valence-electron chi connectivity index (χ0n) is 14.8. The van der Waals surface area contributed by atoms with Gasteiger partial charge in [0.15, 0.2) is 0 Å². The van der Waals surface area contributed by atoms with Gasteiger partial charge in [-0.3, -0.25) is 4.98 Å². The number of aromatic amines is 1. The maximum Gasteiger partial charge on any atom is 0.226 e. The Morgan fingerprint density at radius 3 is 2.44 bits per heavy atom. The third-order valence-electron chi connectivity index (χ3n) is 4.85. The molecule has 134 valence electrons. The molecule has 1 aliphatic rings. The molecule has 0 atom stereocenters. The Labute approximate surface area is 156 Å². The zero-order chi connectivity index (χ0) is 18.1. The summed E-state index contributed by atoms with van der Waals surface area (Å²) < 4.78 is 5.49. The minimum atomic E-state index is 0.699. The average Bonchev–Trinajstić information content (AvgIpc) is 3.19. The molecule has 0 spiro atoms. The third-order valence-corrected chi connectivity index (χ3v) is 4.85. The van der Waals surface area contributed by atoms with Crippen LogP contribution >= 0.6 is 0 Å². The van der Waals surface area contributed by atoms with Crippen LogP contribution in [-0.2, 0) is 4.74 Å². The number of fused-ring (bicyclic) bond motifs is 1. The molecule has 0 saturated carbocycles. The number of nitrogens with zero attached hydrogens (tertiary/aromatic N) is 4. The molecule has 4 aromatic rings. The Balaban J connectivity index is 1.74. The second-order valence-corrected chi connectivity index (χ2v) is 6.50. The molecular weight excluding hydrogens is 338 g/mol. The Bertz CT molecular complexity index is 1060. The van der Waals surface area contributed by atoms with Gasteiger partial charge in [-0.2, -0.15) is 0 Å². The van der Waals surface area contributed by atoms with Crippen molar-refractivity contribution in [3.05, 3.63) is 61.1 Å². The molecule has 0 amide bonds. The standard InChI is InChI=1S/C21H19N5O/c1-2-4-15(5-3-1)17-14-23-20-18(16-6-8-22-9-7-16)24-21(25-19(17)20)26-10-12-27-13-11-26/h1-9,14,23H,10-13H2. The summed E-state index contributed by atoms with van der Waals surface area (Å²) in [4.78, 5) is 19.6. The van der Waals surface area contributed by atoms with Crippen LogP contribution in [-0.4, -0.2) is 46.2 Å². The van der Waals surface area contributed by atoms with E-state index in [1.54, 1.807) is 12.4 Å². The van der Waals surface area contributed by atoms with Gasteiger partial charge in [-0.25, -0.2) is 9.97 Å². The predicted molar refractivity (Wildman–Crippen MR) is 106 cm³/mol. The van der Waals surface area contributed by atoms with Crippen LogP contribution in [0.25, 0.3) is 33.4 Å². The van der Waals surface area contributed by atoms with Gasteiger partial charge in [0, 0.05) is 42.8 Å². The number of morpholine rings is 1. The topological polar surface area (TPSA) is 66.9 Å². The molecule has 0 aliphatic carbocycles. The fourth-order valence-electron chi connectivity index (χ4n) is 3.45. The zero-order valence-corrected chi connectivity index (χ0v) is 14.8. The first-order valence-corrected chi connectivity index (χ1v) is 9.08. The fraction of sp³-hybridized carbons (Fsp3) is 0.190. The summed E-state index contributed by atoms with van der Waals surface area (Å²) in [7, 11) is 0. The number of aromatic nitrogens is 4. The maximum atomic E-state index is 5.49. The molecule has 1 aliphatic heterocycles. The van der Waals surface area contributed by atoms with E-state index in [0.29, 0.717) is 13.2 Å². The lowest BCUT2D eigenvalue weighted by Crippen LogP contribution is -2.37. The molecule has 6 nitrogen and oxygen atoms in total. The molecule has 6 heteroatoms. The van der Waals surface area contributed by atoms with Crippen LogP contribution < -0.4 is 4.90 Å². The second-order valence-electron chi connectivity index (χ2n) is 6.50. The van der Waals surface area contributed by atoms with Crippen molar-refractivity contribution in [2.75, 3.05) is 31.2 Å². The first kappa shape index (κ1) is 16.0. The van der Waals surface area contributed by atoms with Crippen molar-refractivity contribution in [2.45, 2.75) is 0 Å². The van der Waals surface area contributed by atoms with Crippen LogP contribution in [0, 0.1) is 0 Å². The van der Waals surface area contributed by atoms with Gasteiger partial charge in [-0.1, -0.05) is 30.3 Å². The fourth-order valence-corrected chi connectivity index (χ4v) is 3.45. The van der Waals surface area contributed by atoms with E-state index in [2.05, 4.69) is 27.0 Å². The molecule has 1 fully saturated rings. The summed E-state index contributed by atoms with van der Waals surface area (Å²) in [6.45, 7) is 2.99. The van der Waals surface area contributed by atoms with Gasteiger partial charge in [-0.05, 0) is 17.7 Å². The normalized spacial score (nSPS) is 14.6. The number of H-pyrrole nitrogens is 1. The van der Waals surface area contributed by atoms with Crippen molar-refractivity contribution in [1.82, 2.24) is 19.9 Å². The summed E-state index contributed by atoms with van der Waals surface area (Å²) in [6, 6.07) is 14.3. The molecule has 27 heavy (non-hydrogen) atoms. The second kappa shape index (κ2) is 6.81. The molecule has 4 heterocycles. The number of ether oxygens (including phenoxy) is 1. The molecule has 0 bridgehead atoms. The summed E-state index contributed by atoms with van der Waals surface area (Å²) >= 11 is 0. The van der Waals surface area contributed by atoms with E-state index in [9.17, 15) is 0 Å². The Morgan fingerprint density at radius 1 is 0.889 bits per heavy atom. The van der Waals surface area contributed by atoms with Gasteiger partial charge in [0.25, 0.3) is 0 Å². The van der Waals surface area contributed by atoms with Crippen LogP contribution in [0.5, 0.6) is 0 Å². The highest BCUT2D eigenvalue weighted by atomic mass is 16.5. The Morgan fingerprint density at radius 2 is 1.67 bits per heavy atom. The number of hydrogen-bond donors (Lipinski definition) is 1. The monoisotopic (exact) mass is 357 g/mol. The van der Waals surface area contributed by atoms with Crippen molar-refractivity contribution in [2.24, 2.45) is 0 Å². The molecule has 0 radical (unpaired) electrons. The van der Waals surface area contributed by atoms with Gasteiger partial charge in [-0.15, -0.1) is 0 Å². The molecule has 1 N–H and O–H groups in total. The van der Waals surface area contributed by atoms with Gasteiger partial charge < -0.3 is 14.6 Å². The van der Waals surface area contributed by atoms with Gasteiger partial charge in [0.1, 0.15) is 11.2 Å². The summed E-state index contributed by atoms with van der Waals surface area (Å²) in [5, 5.41) is 0. The first-order valence-electron chi connectivity index (χ1n) is 9.08. The van der Waals surface area contributed by atoms with Gasteiger partial charge >= 0.3 is 0 Å². The lowest BCUT2D eigenvalue weighted by molar-refractivity contribution is 0.122. The lowest BCUT2D eigenvalue weighted by atomic mass is 10.1. The molecule has 0 unspecified atom stereocenters. The minimum Gasteiger partial charge on any atom is -0.378 e. The number of anilines is 1. The Hall–Kier alpha value is -3.25. The van der Waals surface area contributed by atoms with Crippen LogP contribution in [0.4, 0.5) is 5.95 Å². The Kier molecular flexibility index (Phi) is 4.03.